The Hall–Kier alpha value is -2.70. The van der Waals surface area contributed by atoms with Crippen molar-refractivity contribution in [2.45, 2.75) is 6.92 Å². The van der Waals surface area contributed by atoms with Crippen LogP contribution in [0.1, 0.15) is 17.5 Å². The Balaban J connectivity index is 2.33. The maximum atomic E-state index is 11.8. The highest BCUT2D eigenvalue weighted by atomic mass is 16.4. The van der Waals surface area contributed by atoms with E-state index in [1.165, 1.54) is 0 Å². The fourth-order valence-electron chi connectivity index (χ4n) is 1.78. The Labute approximate surface area is 121 Å². The molecule has 0 bridgehead atoms. The zero-order valence-corrected chi connectivity index (χ0v) is 11.8. The van der Waals surface area contributed by atoms with Crippen LogP contribution in [0, 0.1) is 0 Å². The first-order valence-electron chi connectivity index (χ1n) is 6.50. The Morgan fingerprint density at radius 3 is 2.67 bits per heavy atom. The van der Waals surface area contributed by atoms with Gasteiger partial charge in [0.2, 0.25) is 11.7 Å². The van der Waals surface area contributed by atoms with E-state index in [1.807, 2.05) is 6.92 Å². The van der Waals surface area contributed by atoms with Gasteiger partial charge in [-0.05, 0) is 19.1 Å². The fourth-order valence-corrected chi connectivity index (χ4v) is 1.78. The molecule has 0 saturated heterocycles. The van der Waals surface area contributed by atoms with Gasteiger partial charge in [0.15, 0.2) is 0 Å². The number of likely N-dealkylation sites (N-methyl/N-ethyl adjacent to an activating group) is 1. The minimum absolute atomic E-state index is 0.0460. The zero-order valence-electron chi connectivity index (χ0n) is 11.8. The summed E-state index contributed by atoms with van der Waals surface area (Å²) in [6.07, 6.45) is 0. The molecule has 1 aromatic heterocycles. The van der Waals surface area contributed by atoms with E-state index >= 15 is 0 Å². The van der Waals surface area contributed by atoms with Gasteiger partial charge in [-0.1, -0.05) is 12.1 Å². The molecule has 0 fully saturated rings. The molecule has 0 radical (unpaired) electrons. The van der Waals surface area contributed by atoms with Crippen molar-refractivity contribution >= 4 is 28.6 Å². The van der Waals surface area contributed by atoms with Crippen LogP contribution in [0.25, 0.3) is 10.9 Å². The number of para-hydroxylation sites is 1. The van der Waals surface area contributed by atoms with Crippen LogP contribution in [0.2, 0.25) is 0 Å². The smallest absolute Gasteiger partial charge is 0.374 e. The average Bonchev–Trinajstić information content (AvgIpc) is 2.50. The van der Waals surface area contributed by atoms with Crippen LogP contribution in [0.5, 0.6) is 0 Å². The van der Waals surface area contributed by atoms with Crippen LogP contribution in [0.3, 0.4) is 0 Å². The molecule has 0 aliphatic rings. The van der Waals surface area contributed by atoms with Crippen LogP contribution in [0.4, 0.5) is 5.82 Å². The molecule has 0 atom stereocenters. The maximum absolute atomic E-state index is 11.8. The number of nitrogens with zero attached hydrogens (tertiary/aromatic N) is 3. The van der Waals surface area contributed by atoms with Gasteiger partial charge in [0.05, 0.1) is 12.1 Å². The first kappa shape index (κ1) is 14.7. The molecule has 110 valence electrons. The molecule has 1 amide bonds. The molecular formula is C14H16N4O3. The summed E-state index contributed by atoms with van der Waals surface area (Å²) in [5, 5.41) is 12.6. The minimum Gasteiger partial charge on any atom is -0.475 e. The lowest BCUT2D eigenvalue weighted by Crippen LogP contribution is -2.32. The number of carboxylic acid groups (broad SMARTS) is 1. The van der Waals surface area contributed by atoms with Crippen LogP contribution in [0.15, 0.2) is 24.3 Å². The van der Waals surface area contributed by atoms with E-state index in [1.54, 1.807) is 36.2 Å². The summed E-state index contributed by atoms with van der Waals surface area (Å²) in [5.41, 5.74) is 0.517. The number of fused-ring (bicyclic) bond motifs is 1. The molecule has 1 heterocycles. The van der Waals surface area contributed by atoms with Crippen molar-refractivity contribution < 1.29 is 14.7 Å². The summed E-state index contributed by atoms with van der Waals surface area (Å²) in [6, 6.07) is 7.05. The van der Waals surface area contributed by atoms with Gasteiger partial charge in [0, 0.05) is 19.0 Å². The summed E-state index contributed by atoms with van der Waals surface area (Å²) in [5.74, 6) is -1.26. The second kappa shape index (κ2) is 6.17. The largest absolute Gasteiger partial charge is 0.475 e. The number of carbonyl (C=O) groups excluding carboxylic acids is 1. The van der Waals surface area contributed by atoms with Crippen molar-refractivity contribution in [3.8, 4) is 0 Å². The summed E-state index contributed by atoms with van der Waals surface area (Å²) >= 11 is 0. The van der Waals surface area contributed by atoms with E-state index in [2.05, 4.69) is 15.3 Å². The molecule has 2 aromatic rings. The number of aromatic nitrogens is 2. The lowest BCUT2D eigenvalue weighted by molar-refractivity contribution is -0.127. The molecule has 0 aliphatic carbocycles. The highest BCUT2D eigenvalue weighted by molar-refractivity contribution is 5.94. The van der Waals surface area contributed by atoms with Gasteiger partial charge >= 0.3 is 5.97 Å². The van der Waals surface area contributed by atoms with Gasteiger partial charge < -0.3 is 15.3 Å². The van der Waals surface area contributed by atoms with Crippen molar-refractivity contribution in [3.63, 3.8) is 0 Å². The van der Waals surface area contributed by atoms with Gasteiger partial charge in [-0.25, -0.2) is 14.8 Å². The third kappa shape index (κ3) is 3.25. The molecular weight excluding hydrogens is 272 g/mol. The van der Waals surface area contributed by atoms with E-state index < -0.39 is 5.97 Å². The molecule has 0 saturated carbocycles. The number of hydrogen-bond acceptors (Lipinski definition) is 5. The number of amides is 1. The fraction of sp³-hybridized carbons (Fsp3) is 0.286. The van der Waals surface area contributed by atoms with Crippen LogP contribution in [-0.2, 0) is 4.79 Å². The Morgan fingerprint density at radius 2 is 2.00 bits per heavy atom. The van der Waals surface area contributed by atoms with Crippen molar-refractivity contribution in [1.82, 2.24) is 14.9 Å². The van der Waals surface area contributed by atoms with Crippen molar-refractivity contribution in [3.05, 3.63) is 30.1 Å². The van der Waals surface area contributed by atoms with Crippen molar-refractivity contribution in [2.24, 2.45) is 0 Å². The molecule has 7 nitrogen and oxygen atoms in total. The van der Waals surface area contributed by atoms with Crippen LogP contribution >= 0.6 is 0 Å². The average molecular weight is 288 g/mol. The van der Waals surface area contributed by atoms with Gasteiger partial charge in [0.25, 0.3) is 0 Å². The molecule has 0 aliphatic heterocycles. The zero-order chi connectivity index (χ0) is 15.4. The monoisotopic (exact) mass is 288 g/mol. The van der Waals surface area contributed by atoms with Crippen LogP contribution < -0.4 is 5.32 Å². The quantitative estimate of drug-likeness (QED) is 0.859. The molecule has 0 spiro atoms. The normalized spacial score (nSPS) is 10.4. The second-order valence-electron chi connectivity index (χ2n) is 4.48. The SMILES string of the molecule is CCN(C)C(=O)CNc1nc(C(=O)O)nc2ccccc12. The molecule has 2 rings (SSSR count). The number of anilines is 1. The number of carbonyl (C=O) groups is 2. The summed E-state index contributed by atoms with van der Waals surface area (Å²) in [6.45, 7) is 2.52. The molecule has 21 heavy (non-hydrogen) atoms. The Bertz CT molecular complexity index is 687. The molecule has 2 N–H and O–H groups in total. The summed E-state index contributed by atoms with van der Waals surface area (Å²) in [7, 11) is 1.70. The lowest BCUT2D eigenvalue weighted by atomic mass is 10.2. The lowest BCUT2D eigenvalue weighted by Gasteiger charge is -2.15. The number of aromatic carboxylic acids is 1. The minimum atomic E-state index is -1.21. The Morgan fingerprint density at radius 1 is 1.29 bits per heavy atom. The van der Waals surface area contributed by atoms with Gasteiger partial charge in [-0.2, -0.15) is 0 Å². The highest BCUT2D eigenvalue weighted by Gasteiger charge is 2.14. The summed E-state index contributed by atoms with van der Waals surface area (Å²) in [4.78, 5) is 32.4. The third-order valence-electron chi connectivity index (χ3n) is 3.10. The van der Waals surface area contributed by atoms with E-state index in [-0.39, 0.29) is 18.3 Å². The second-order valence-corrected chi connectivity index (χ2v) is 4.48. The van der Waals surface area contributed by atoms with Gasteiger partial charge in [-0.3, -0.25) is 4.79 Å². The number of rotatable bonds is 5. The first-order chi connectivity index (χ1) is 10.0. The third-order valence-corrected chi connectivity index (χ3v) is 3.10. The first-order valence-corrected chi connectivity index (χ1v) is 6.50. The molecule has 7 heteroatoms. The van der Waals surface area contributed by atoms with Crippen LogP contribution in [-0.4, -0.2) is 52.0 Å². The number of nitrogens with one attached hydrogen (secondary N) is 1. The molecule has 0 unspecified atom stereocenters. The van der Waals surface area contributed by atoms with E-state index in [0.717, 1.165) is 0 Å². The topological polar surface area (TPSA) is 95.4 Å². The predicted octanol–water partition coefficient (Wildman–Crippen LogP) is 1.22. The van der Waals surface area contributed by atoms with Gasteiger partial charge in [-0.15, -0.1) is 0 Å². The number of carboxylic acids is 1. The molecule has 1 aromatic carbocycles. The summed E-state index contributed by atoms with van der Waals surface area (Å²) < 4.78 is 0. The standard InChI is InChI=1S/C14H16N4O3/c1-3-18(2)11(19)8-15-12-9-6-4-5-7-10(9)16-13(17-12)14(20)21/h4-7H,3,8H2,1-2H3,(H,20,21)(H,15,16,17). The predicted molar refractivity (Wildman–Crippen MR) is 78.3 cm³/mol. The number of benzene rings is 1. The van der Waals surface area contributed by atoms with Crippen molar-refractivity contribution in [1.29, 1.82) is 0 Å². The van der Waals surface area contributed by atoms with E-state index in [4.69, 9.17) is 5.11 Å². The maximum Gasteiger partial charge on any atom is 0.374 e. The van der Waals surface area contributed by atoms with Crippen molar-refractivity contribution in [2.75, 3.05) is 25.5 Å². The Kier molecular flexibility index (Phi) is 4.32. The van der Waals surface area contributed by atoms with E-state index in [0.29, 0.717) is 23.3 Å². The number of hydrogen-bond donors (Lipinski definition) is 2. The highest BCUT2D eigenvalue weighted by Crippen LogP contribution is 2.19. The van der Waals surface area contributed by atoms with Gasteiger partial charge in [0.1, 0.15) is 5.82 Å². The van der Waals surface area contributed by atoms with E-state index in [9.17, 15) is 9.59 Å².